The van der Waals surface area contributed by atoms with E-state index < -0.39 is 0 Å². The minimum atomic E-state index is -0.158. The number of aryl methyl sites for hydroxylation is 3. The summed E-state index contributed by atoms with van der Waals surface area (Å²) in [6.07, 6.45) is 0. The molecule has 0 radical (unpaired) electrons. The van der Waals surface area contributed by atoms with E-state index in [0.29, 0.717) is 16.4 Å². The average Bonchev–Trinajstić information content (AvgIpc) is 3.22. The summed E-state index contributed by atoms with van der Waals surface area (Å²) in [7, 11) is 0. The minimum Gasteiger partial charge on any atom is -0.330 e. The average molecular weight is 417 g/mol. The largest absolute Gasteiger partial charge is 0.330 e. The second kappa shape index (κ2) is 7.37. The highest BCUT2D eigenvalue weighted by molar-refractivity contribution is 8.00. The molecule has 0 atom stereocenters. The number of fused-ring (bicyclic) bond motifs is 1. The summed E-state index contributed by atoms with van der Waals surface area (Å²) < 4.78 is 2.16. The first-order valence-electron chi connectivity index (χ1n) is 8.15. The molecule has 0 saturated carbocycles. The molecule has 1 aromatic carbocycles. The maximum atomic E-state index is 12.1. The summed E-state index contributed by atoms with van der Waals surface area (Å²) >= 11 is 4.40. The van der Waals surface area contributed by atoms with E-state index in [4.69, 9.17) is 0 Å². The summed E-state index contributed by atoms with van der Waals surface area (Å²) in [5.41, 5.74) is 4.03. The van der Waals surface area contributed by atoms with Gasteiger partial charge >= 0.3 is 0 Å². The molecule has 4 aromatic rings. The van der Waals surface area contributed by atoms with Gasteiger partial charge in [-0.05, 0) is 44.0 Å². The lowest BCUT2D eigenvalue weighted by molar-refractivity contribution is 0.871. The van der Waals surface area contributed by atoms with Gasteiger partial charge in [0.05, 0.1) is 5.69 Å². The van der Waals surface area contributed by atoms with Crippen molar-refractivity contribution in [2.24, 2.45) is 0 Å². The predicted octanol–water partition coefficient (Wildman–Crippen LogP) is 3.96. The topological polar surface area (TPSA) is 85.1 Å². The minimum absolute atomic E-state index is 0.158. The van der Waals surface area contributed by atoms with Crippen LogP contribution in [0.4, 0.5) is 10.8 Å². The Bertz CT molecular complexity index is 1180. The molecular formula is C17H16N6OS3. The van der Waals surface area contributed by atoms with Crippen molar-refractivity contribution in [3.63, 3.8) is 0 Å². The molecule has 0 bridgehead atoms. The number of hydrogen-bond acceptors (Lipinski definition) is 9. The normalized spacial score (nSPS) is 11.2. The first-order valence-corrected chi connectivity index (χ1v) is 10.8. The first kappa shape index (κ1) is 18.1. The monoisotopic (exact) mass is 416 g/mol. The van der Waals surface area contributed by atoms with Crippen molar-refractivity contribution < 1.29 is 0 Å². The van der Waals surface area contributed by atoms with Crippen molar-refractivity contribution in [2.45, 2.75) is 30.9 Å². The second-order valence-corrected chi connectivity index (χ2v) is 9.35. The number of nitrogens with zero attached hydrogens (tertiary/aromatic N) is 5. The number of anilines is 2. The van der Waals surface area contributed by atoms with E-state index in [2.05, 4.69) is 51.6 Å². The fourth-order valence-corrected chi connectivity index (χ4v) is 4.85. The van der Waals surface area contributed by atoms with Crippen molar-refractivity contribution in [3.05, 3.63) is 56.4 Å². The predicted molar refractivity (Wildman–Crippen MR) is 111 cm³/mol. The maximum absolute atomic E-state index is 12.1. The van der Waals surface area contributed by atoms with Gasteiger partial charge in [-0.15, -0.1) is 10.2 Å². The Balaban J connectivity index is 1.45. The lowest BCUT2D eigenvalue weighted by atomic mass is 10.1. The summed E-state index contributed by atoms with van der Waals surface area (Å²) in [6, 6.07) is 7.72. The van der Waals surface area contributed by atoms with Gasteiger partial charge in [0, 0.05) is 17.5 Å². The van der Waals surface area contributed by atoms with E-state index in [0.717, 1.165) is 20.2 Å². The molecule has 0 unspecified atom stereocenters. The zero-order valence-electron chi connectivity index (χ0n) is 14.9. The molecule has 138 valence electrons. The van der Waals surface area contributed by atoms with E-state index in [1.165, 1.54) is 56.1 Å². The van der Waals surface area contributed by atoms with E-state index in [9.17, 15) is 4.79 Å². The molecule has 3 heterocycles. The molecule has 27 heavy (non-hydrogen) atoms. The highest BCUT2D eigenvalue weighted by Crippen LogP contribution is 2.30. The lowest BCUT2D eigenvalue weighted by Crippen LogP contribution is -2.15. The number of thioether (sulfide) groups is 1. The molecule has 0 saturated heterocycles. The van der Waals surface area contributed by atoms with Crippen LogP contribution in [0, 0.1) is 20.8 Å². The van der Waals surface area contributed by atoms with Crippen LogP contribution in [0.25, 0.3) is 4.96 Å². The fraction of sp³-hybridized carbons (Fsp3) is 0.235. The zero-order valence-corrected chi connectivity index (χ0v) is 17.3. The Morgan fingerprint density at radius 2 is 1.96 bits per heavy atom. The van der Waals surface area contributed by atoms with Gasteiger partial charge in [-0.25, -0.2) is 4.98 Å². The number of aromatic nitrogens is 5. The van der Waals surface area contributed by atoms with Crippen LogP contribution in [-0.4, -0.2) is 24.8 Å². The molecule has 7 nitrogen and oxygen atoms in total. The summed E-state index contributed by atoms with van der Waals surface area (Å²) in [6.45, 7) is 6.03. The standard InChI is InChI=1S/C17H16N6OS3/c1-9-4-5-12(6-10(9)2)18-15-20-21-17(27-15)25-8-13-7-14(24)23-16(19-13)26-11(3)22-23/h4-7H,8H2,1-3H3,(H,18,20). The van der Waals surface area contributed by atoms with Crippen LogP contribution in [0.5, 0.6) is 0 Å². The third-order valence-electron chi connectivity index (χ3n) is 3.91. The van der Waals surface area contributed by atoms with Crippen LogP contribution in [-0.2, 0) is 5.75 Å². The van der Waals surface area contributed by atoms with Crippen LogP contribution in [0.3, 0.4) is 0 Å². The molecular weight excluding hydrogens is 400 g/mol. The smallest absolute Gasteiger partial charge is 0.275 e. The van der Waals surface area contributed by atoms with Gasteiger partial charge in [0.15, 0.2) is 4.34 Å². The van der Waals surface area contributed by atoms with Gasteiger partial charge in [-0.2, -0.15) is 9.61 Å². The van der Waals surface area contributed by atoms with Crippen LogP contribution < -0.4 is 10.9 Å². The third-order valence-corrected chi connectivity index (χ3v) is 6.74. The molecule has 1 N–H and O–H groups in total. The van der Waals surface area contributed by atoms with Gasteiger partial charge in [0.1, 0.15) is 5.01 Å². The van der Waals surface area contributed by atoms with Gasteiger partial charge in [-0.1, -0.05) is 40.5 Å². The fourth-order valence-electron chi connectivity index (χ4n) is 2.42. The molecule has 10 heteroatoms. The molecule has 0 amide bonds. The van der Waals surface area contributed by atoms with E-state index in [-0.39, 0.29) is 5.56 Å². The van der Waals surface area contributed by atoms with Crippen molar-refractivity contribution in [1.29, 1.82) is 0 Å². The Morgan fingerprint density at radius 1 is 1.11 bits per heavy atom. The van der Waals surface area contributed by atoms with E-state index in [1.54, 1.807) is 0 Å². The van der Waals surface area contributed by atoms with Crippen molar-refractivity contribution >= 4 is 50.2 Å². The highest BCUT2D eigenvalue weighted by atomic mass is 32.2. The van der Waals surface area contributed by atoms with Gasteiger partial charge < -0.3 is 5.32 Å². The molecule has 0 spiro atoms. The molecule has 4 rings (SSSR count). The summed E-state index contributed by atoms with van der Waals surface area (Å²) in [5, 5.41) is 17.4. The van der Waals surface area contributed by atoms with Crippen LogP contribution >= 0.6 is 34.4 Å². The number of benzene rings is 1. The lowest BCUT2D eigenvalue weighted by Gasteiger charge is -2.05. The molecule has 0 aliphatic carbocycles. The van der Waals surface area contributed by atoms with Crippen LogP contribution in [0.15, 0.2) is 33.4 Å². The van der Waals surface area contributed by atoms with Gasteiger partial charge in [-0.3, -0.25) is 4.79 Å². The Labute approximate surface area is 167 Å². The summed E-state index contributed by atoms with van der Waals surface area (Å²) in [5.74, 6) is 0.557. The van der Waals surface area contributed by atoms with Crippen molar-refractivity contribution in [1.82, 2.24) is 24.8 Å². The first-order chi connectivity index (χ1) is 13.0. The Kier molecular flexibility index (Phi) is 4.94. The number of nitrogens with one attached hydrogen (secondary N) is 1. The van der Waals surface area contributed by atoms with Crippen molar-refractivity contribution in [3.8, 4) is 0 Å². The van der Waals surface area contributed by atoms with E-state index >= 15 is 0 Å². The van der Waals surface area contributed by atoms with Crippen LogP contribution in [0.1, 0.15) is 21.8 Å². The molecule has 0 fully saturated rings. The second-order valence-electron chi connectivity index (χ2n) is 5.99. The maximum Gasteiger partial charge on any atom is 0.275 e. The van der Waals surface area contributed by atoms with Crippen molar-refractivity contribution in [2.75, 3.05) is 5.32 Å². The highest BCUT2D eigenvalue weighted by Gasteiger charge is 2.10. The number of rotatable bonds is 5. The molecule has 0 aliphatic heterocycles. The number of hydrogen-bond donors (Lipinski definition) is 1. The zero-order chi connectivity index (χ0) is 19.0. The Hall–Kier alpha value is -2.30. The molecule has 0 aliphatic rings. The third kappa shape index (κ3) is 4.02. The SMILES string of the molecule is Cc1nn2c(=O)cc(CSc3nnc(Nc4ccc(C)c(C)c4)s3)nc2s1. The Morgan fingerprint density at radius 3 is 2.78 bits per heavy atom. The quantitative estimate of drug-likeness (QED) is 0.493. The van der Waals surface area contributed by atoms with E-state index in [1.807, 2.05) is 13.0 Å². The van der Waals surface area contributed by atoms with Gasteiger partial charge in [0.25, 0.3) is 5.56 Å². The molecule has 3 aromatic heterocycles. The van der Waals surface area contributed by atoms with Gasteiger partial charge in [0.2, 0.25) is 10.1 Å². The summed E-state index contributed by atoms with van der Waals surface area (Å²) in [4.78, 5) is 17.2. The van der Waals surface area contributed by atoms with Crippen LogP contribution in [0.2, 0.25) is 0 Å².